The second-order valence-electron chi connectivity index (χ2n) is 9.22. The third-order valence-corrected chi connectivity index (χ3v) is 8.36. The smallest absolute Gasteiger partial charge is 0.296 e. The van der Waals surface area contributed by atoms with Crippen LogP contribution in [0.3, 0.4) is 0 Å². The van der Waals surface area contributed by atoms with E-state index in [1.807, 2.05) is 0 Å². The van der Waals surface area contributed by atoms with Gasteiger partial charge in [0.25, 0.3) is 20.2 Å². The Labute approximate surface area is 239 Å². The number of hydrogen-bond donors (Lipinski definition) is 5. The fourth-order valence-corrected chi connectivity index (χ4v) is 6.22. The van der Waals surface area contributed by atoms with Gasteiger partial charge in [-0.2, -0.15) is 16.8 Å². The minimum atomic E-state index is -4.95. The van der Waals surface area contributed by atoms with Crippen molar-refractivity contribution >= 4 is 71.8 Å². The van der Waals surface area contributed by atoms with Gasteiger partial charge in [-0.15, -0.1) is 0 Å². The first-order valence-corrected chi connectivity index (χ1v) is 15.0. The standard InChI is InChI=1S/C27H20ClN3O8S2/c1-13-8-14(28)10-16(9-13)31-19-11-15(6-7-21(19)40(34,35)36)30-20-12-22(41(37,38)39)25(29)24-23(20)26(32)17-4-2-3-5-18(17)27(24)33/h2-12,30-31H,29H2,1H3,(H,34,35,36)(H,37,38,39). The molecule has 210 valence electrons. The lowest BCUT2D eigenvalue weighted by molar-refractivity contribution is 0.0980. The lowest BCUT2D eigenvalue weighted by Gasteiger charge is -2.24. The molecule has 41 heavy (non-hydrogen) atoms. The maximum atomic E-state index is 13.5. The summed E-state index contributed by atoms with van der Waals surface area (Å²) in [5, 5.41) is 6.08. The van der Waals surface area contributed by atoms with Crippen LogP contribution in [-0.4, -0.2) is 37.5 Å². The molecule has 0 radical (unpaired) electrons. The van der Waals surface area contributed by atoms with Gasteiger partial charge < -0.3 is 16.4 Å². The molecule has 0 amide bonds. The molecule has 0 heterocycles. The monoisotopic (exact) mass is 613 g/mol. The van der Waals surface area contributed by atoms with Crippen molar-refractivity contribution in [3.05, 3.63) is 99.6 Å². The van der Waals surface area contributed by atoms with Crippen molar-refractivity contribution in [3.8, 4) is 0 Å². The zero-order valence-electron chi connectivity index (χ0n) is 21.0. The van der Waals surface area contributed by atoms with Crippen molar-refractivity contribution in [2.75, 3.05) is 16.4 Å². The summed E-state index contributed by atoms with van der Waals surface area (Å²) >= 11 is 6.12. The molecule has 4 aromatic carbocycles. The summed E-state index contributed by atoms with van der Waals surface area (Å²) in [5.41, 5.74) is 5.83. The van der Waals surface area contributed by atoms with Gasteiger partial charge in [-0.1, -0.05) is 35.9 Å². The van der Waals surface area contributed by atoms with Gasteiger partial charge >= 0.3 is 0 Å². The Balaban J connectivity index is 1.69. The van der Waals surface area contributed by atoms with Gasteiger partial charge in [0.1, 0.15) is 9.79 Å². The molecule has 0 saturated carbocycles. The molecule has 6 N–H and O–H groups in total. The predicted octanol–water partition coefficient (Wildman–Crippen LogP) is 4.99. The van der Waals surface area contributed by atoms with E-state index >= 15 is 0 Å². The fourth-order valence-electron chi connectivity index (χ4n) is 4.66. The Hall–Kier alpha value is -4.27. The molecule has 0 spiro atoms. The topological polar surface area (TPSA) is 193 Å². The number of anilines is 5. The molecule has 14 heteroatoms. The third kappa shape index (κ3) is 5.28. The van der Waals surface area contributed by atoms with Crippen LogP contribution in [0.25, 0.3) is 0 Å². The number of halogens is 1. The Kier molecular flexibility index (Phi) is 6.88. The highest BCUT2D eigenvalue weighted by Gasteiger charge is 2.36. The highest BCUT2D eigenvalue weighted by atomic mass is 35.5. The Morgan fingerprint density at radius 1 is 0.707 bits per heavy atom. The van der Waals surface area contributed by atoms with Crippen LogP contribution in [0, 0.1) is 6.92 Å². The number of carbonyl (C=O) groups excluding carboxylic acids is 2. The molecule has 11 nitrogen and oxygen atoms in total. The van der Waals surface area contributed by atoms with Gasteiger partial charge in [0, 0.05) is 27.5 Å². The van der Waals surface area contributed by atoms with E-state index in [0.717, 1.165) is 17.7 Å². The average molecular weight is 614 g/mol. The van der Waals surface area contributed by atoms with E-state index in [4.69, 9.17) is 17.3 Å². The minimum absolute atomic E-state index is 0.0101. The van der Waals surface area contributed by atoms with E-state index in [1.165, 1.54) is 36.4 Å². The van der Waals surface area contributed by atoms with Crippen LogP contribution in [0.1, 0.15) is 37.4 Å². The summed E-state index contributed by atoms with van der Waals surface area (Å²) in [6.45, 7) is 1.77. The maximum absolute atomic E-state index is 13.5. The number of hydrogen-bond acceptors (Lipinski definition) is 9. The first kappa shape index (κ1) is 28.3. The third-order valence-electron chi connectivity index (χ3n) is 6.34. The summed E-state index contributed by atoms with van der Waals surface area (Å²) in [6, 6.07) is 15.3. The highest BCUT2D eigenvalue weighted by molar-refractivity contribution is 7.86. The first-order chi connectivity index (χ1) is 19.1. The molecular formula is C27H20ClN3O8S2. The quantitative estimate of drug-likeness (QED) is 0.128. The summed E-state index contributed by atoms with van der Waals surface area (Å²) in [6.07, 6.45) is 0. The van der Waals surface area contributed by atoms with Crippen LogP contribution < -0.4 is 16.4 Å². The number of fused-ring (bicyclic) bond motifs is 2. The maximum Gasteiger partial charge on any atom is 0.296 e. The van der Waals surface area contributed by atoms with Crippen molar-refractivity contribution in [2.45, 2.75) is 16.7 Å². The Bertz CT molecular complexity index is 2010. The number of aryl methyl sites for hydroxylation is 1. The van der Waals surface area contributed by atoms with Crippen molar-refractivity contribution in [1.29, 1.82) is 0 Å². The molecule has 0 atom stereocenters. The van der Waals surface area contributed by atoms with E-state index in [0.29, 0.717) is 10.7 Å². The minimum Gasteiger partial charge on any atom is -0.397 e. The second-order valence-corrected chi connectivity index (χ2v) is 12.4. The first-order valence-electron chi connectivity index (χ1n) is 11.7. The van der Waals surface area contributed by atoms with Gasteiger partial charge in [0.2, 0.25) is 0 Å². The molecule has 4 aromatic rings. The van der Waals surface area contributed by atoms with Crippen molar-refractivity contribution in [3.63, 3.8) is 0 Å². The molecule has 0 bridgehead atoms. The molecule has 0 fully saturated rings. The van der Waals surface area contributed by atoms with Gasteiger partial charge in [-0.25, -0.2) is 0 Å². The van der Waals surface area contributed by atoms with Crippen LogP contribution in [-0.2, 0) is 20.2 Å². The molecule has 0 saturated heterocycles. The molecule has 1 aliphatic rings. The molecular weight excluding hydrogens is 594 g/mol. The van der Waals surface area contributed by atoms with Gasteiger partial charge in [0.05, 0.1) is 28.2 Å². The summed E-state index contributed by atoms with van der Waals surface area (Å²) in [5.74, 6) is -1.35. The number of rotatable bonds is 6. The second kappa shape index (κ2) is 9.98. The molecule has 0 aliphatic heterocycles. The van der Waals surface area contributed by atoms with Gasteiger partial charge in [0.15, 0.2) is 11.6 Å². The van der Waals surface area contributed by atoms with Crippen LogP contribution in [0.2, 0.25) is 5.02 Å². The van der Waals surface area contributed by atoms with Crippen LogP contribution in [0.5, 0.6) is 0 Å². The number of nitrogens with one attached hydrogen (secondary N) is 2. The van der Waals surface area contributed by atoms with Crippen molar-refractivity contribution in [2.24, 2.45) is 0 Å². The lowest BCUT2D eigenvalue weighted by Crippen LogP contribution is -2.25. The predicted molar refractivity (Wildman–Crippen MR) is 153 cm³/mol. The molecule has 0 unspecified atom stereocenters. The van der Waals surface area contributed by atoms with Gasteiger partial charge in [-0.05, 0) is 55.0 Å². The lowest BCUT2D eigenvalue weighted by atomic mass is 9.82. The molecule has 1 aliphatic carbocycles. The van der Waals surface area contributed by atoms with E-state index in [2.05, 4.69) is 10.6 Å². The summed E-state index contributed by atoms with van der Waals surface area (Å²) in [4.78, 5) is 25.6. The summed E-state index contributed by atoms with van der Waals surface area (Å²) < 4.78 is 68.2. The number of nitrogen functional groups attached to an aromatic ring is 1. The van der Waals surface area contributed by atoms with Crippen LogP contribution in [0.4, 0.5) is 28.4 Å². The van der Waals surface area contributed by atoms with E-state index in [-0.39, 0.29) is 33.8 Å². The van der Waals surface area contributed by atoms with Crippen LogP contribution in [0.15, 0.2) is 76.5 Å². The van der Waals surface area contributed by atoms with Gasteiger partial charge in [-0.3, -0.25) is 18.7 Å². The van der Waals surface area contributed by atoms with E-state index < -0.39 is 52.8 Å². The highest BCUT2D eigenvalue weighted by Crippen LogP contribution is 2.40. The zero-order chi connectivity index (χ0) is 29.9. The zero-order valence-corrected chi connectivity index (χ0v) is 23.4. The Morgan fingerprint density at radius 3 is 1.88 bits per heavy atom. The number of ketones is 2. The fraction of sp³-hybridized carbons (Fsp3) is 0.0370. The van der Waals surface area contributed by atoms with Crippen LogP contribution >= 0.6 is 11.6 Å². The molecule has 0 aromatic heterocycles. The summed E-state index contributed by atoms with van der Waals surface area (Å²) in [7, 11) is -9.66. The number of benzene rings is 4. The number of nitrogens with two attached hydrogens (primary N) is 1. The van der Waals surface area contributed by atoms with Crippen molar-refractivity contribution < 1.29 is 35.5 Å². The Morgan fingerprint density at radius 2 is 1.29 bits per heavy atom. The normalized spacial score (nSPS) is 13.0. The van der Waals surface area contributed by atoms with E-state index in [9.17, 15) is 35.5 Å². The SMILES string of the molecule is Cc1cc(Cl)cc(Nc2cc(Nc3cc(S(=O)(=O)O)c(N)c4c3C(=O)c3ccccc3C4=O)ccc2S(=O)(=O)O)c1. The number of carbonyl (C=O) groups is 2. The van der Waals surface area contributed by atoms with Crippen molar-refractivity contribution in [1.82, 2.24) is 0 Å². The van der Waals surface area contributed by atoms with E-state index in [1.54, 1.807) is 25.1 Å². The average Bonchev–Trinajstić information content (AvgIpc) is 2.86. The molecule has 5 rings (SSSR count). The largest absolute Gasteiger partial charge is 0.397 e.